The van der Waals surface area contributed by atoms with Gasteiger partial charge in [-0.05, 0) is 24.3 Å². The molecule has 86 valence electrons. The number of carbonyl (C=O) groups excluding carboxylic acids is 2. The van der Waals surface area contributed by atoms with Crippen LogP contribution in [0.3, 0.4) is 0 Å². The van der Waals surface area contributed by atoms with Crippen LogP contribution >= 0.6 is 0 Å². The molecule has 5 nitrogen and oxygen atoms in total. The Morgan fingerprint density at radius 3 is 2.25 bits per heavy atom. The second kappa shape index (κ2) is 5.11. The van der Waals surface area contributed by atoms with E-state index in [4.69, 9.17) is 11.5 Å². The van der Waals surface area contributed by atoms with E-state index in [9.17, 15) is 14.0 Å². The molecule has 1 aromatic carbocycles. The number of hydrogen-bond donors (Lipinski definition) is 3. The van der Waals surface area contributed by atoms with Crippen molar-refractivity contribution in [3.05, 3.63) is 30.1 Å². The zero-order valence-corrected chi connectivity index (χ0v) is 8.44. The Morgan fingerprint density at radius 1 is 1.25 bits per heavy atom. The maximum Gasteiger partial charge on any atom is 0.240 e. The summed E-state index contributed by atoms with van der Waals surface area (Å²) in [4.78, 5) is 21.7. The van der Waals surface area contributed by atoms with Gasteiger partial charge in [0.1, 0.15) is 11.9 Å². The SMILES string of the molecule is NC(=O)CC(Nc1ccc(F)cc1)C(N)=O. The van der Waals surface area contributed by atoms with Crippen molar-refractivity contribution in [3.63, 3.8) is 0 Å². The van der Waals surface area contributed by atoms with Crippen LogP contribution in [-0.4, -0.2) is 17.9 Å². The van der Waals surface area contributed by atoms with Crippen molar-refractivity contribution in [2.24, 2.45) is 11.5 Å². The van der Waals surface area contributed by atoms with E-state index in [-0.39, 0.29) is 6.42 Å². The van der Waals surface area contributed by atoms with Crippen LogP contribution in [0, 0.1) is 5.82 Å². The normalized spacial score (nSPS) is 11.8. The molecule has 0 heterocycles. The van der Waals surface area contributed by atoms with Crippen LogP contribution < -0.4 is 16.8 Å². The molecule has 0 aliphatic rings. The van der Waals surface area contributed by atoms with Crippen molar-refractivity contribution >= 4 is 17.5 Å². The monoisotopic (exact) mass is 225 g/mol. The van der Waals surface area contributed by atoms with E-state index in [1.54, 1.807) is 0 Å². The van der Waals surface area contributed by atoms with Gasteiger partial charge in [-0.2, -0.15) is 0 Å². The molecule has 5 N–H and O–H groups in total. The highest BCUT2D eigenvalue weighted by molar-refractivity contribution is 5.88. The molecule has 0 saturated carbocycles. The van der Waals surface area contributed by atoms with Crippen molar-refractivity contribution < 1.29 is 14.0 Å². The van der Waals surface area contributed by atoms with Gasteiger partial charge in [-0.25, -0.2) is 4.39 Å². The number of nitrogens with one attached hydrogen (secondary N) is 1. The summed E-state index contributed by atoms with van der Waals surface area (Å²) in [6.07, 6.45) is -0.202. The van der Waals surface area contributed by atoms with Gasteiger partial charge in [0.25, 0.3) is 0 Å². The average Bonchev–Trinajstić information content (AvgIpc) is 2.19. The highest BCUT2D eigenvalue weighted by atomic mass is 19.1. The Kier molecular flexibility index (Phi) is 3.82. The highest BCUT2D eigenvalue weighted by Crippen LogP contribution is 2.10. The summed E-state index contributed by atoms with van der Waals surface area (Å²) in [5.41, 5.74) is 10.5. The number of hydrogen-bond acceptors (Lipinski definition) is 3. The van der Waals surface area contributed by atoms with Crippen molar-refractivity contribution in [2.45, 2.75) is 12.5 Å². The number of anilines is 1. The van der Waals surface area contributed by atoms with Crippen molar-refractivity contribution in [1.29, 1.82) is 0 Å². The first-order chi connectivity index (χ1) is 7.49. The number of benzene rings is 1. The molecule has 0 bridgehead atoms. The maximum atomic E-state index is 12.6. The van der Waals surface area contributed by atoms with Crippen LogP contribution in [0.4, 0.5) is 10.1 Å². The van der Waals surface area contributed by atoms with E-state index in [1.165, 1.54) is 24.3 Å². The summed E-state index contributed by atoms with van der Waals surface area (Å²) in [5.74, 6) is -1.72. The Balaban J connectivity index is 2.71. The fourth-order valence-corrected chi connectivity index (χ4v) is 1.17. The van der Waals surface area contributed by atoms with E-state index < -0.39 is 23.7 Å². The summed E-state index contributed by atoms with van der Waals surface area (Å²) in [5, 5.41) is 2.69. The molecule has 6 heteroatoms. The van der Waals surface area contributed by atoms with E-state index in [1.807, 2.05) is 0 Å². The first-order valence-electron chi connectivity index (χ1n) is 4.59. The van der Waals surface area contributed by atoms with Gasteiger partial charge >= 0.3 is 0 Å². The maximum absolute atomic E-state index is 12.6. The van der Waals surface area contributed by atoms with Crippen molar-refractivity contribution in [2.75, 3.05) is 5.32 Å². The topological polar surface area (TPSA) is 98.2 Å². The molecule has 0 aliphatic carbocycles. The van der Waals surface area contributed by atoms with Gasteiger partial charge in [0.05, 0.1) is 6.42 Å². The summed E-state index contributed by atoms with van der Waals surface area (Å²) in [7, 11) is 0. The minimum atomic E-state index is -0.886. The number of halogens is 1. The fourth-order valence-electron chi connectivity index (χ4n) is 1.17. The number of rotatable bonds is 5. The highest BCUT2D eigenvalue weighted by Gasteiger charge is 2.17. The molecular formula is C10H12FN3O2. The number of carbonyl (C=O) groups is 2. The molecule has 1 unspecified atom stereocenters. The molecule has 16 heavy (non-hydrogen) atoms. The molecule has 1 rings (SSSR count). The van der Waals surface area contributed by atoms with Crippen molar-refractivity contribution in [3.8, 4) is 0 Å². The van der Waals surface area contributed by atoms with Crippen LogP contribution in [0.2, 0.25) is 0 Å². The third kappa shape index (κ3) is 3.56. The number of primary amides is 2. The molecule has 1 atom stereocenters. The lowest BCUT2D eigenvalue weighted by Crippen LogP contribution is -2.38. The molecule has 0 saturated heterocycles. The molecule has 0 radical (unpaired) electrons. The first kappa shape index (κ1) is 12.0. The molecule has 2 amide bonds. The smallest absolute Gasteiger partial charge is 0.240 e. The Hall–Kier alpha value is -2.11. The Labute approximate surface area is 91.6 Å². The Bertz CT molecular complexity index is 392. The van der Waals surface area contributed by atoms with Gasteiger partial charge in [-0.1, -0.05) is 0 Å². The summed E-state index contributed by atoms with van der Waals surface area (Å²) < 4.78 is 12.6. The van der Waals surface area contributed by atoms with Crippen LogP contribution in [0.5, 0.6) is 0 Å². The van der Waals surface area contributed by atoms with E-state index in [2.05, 4.69) is 5.32 Å². The third-order valence-corrected chi connectivity index (χ3v) is 1.93. The minimum absolute atomic E-state index is 0.202. The average molecular weight is 225 g/mol. The van der Waals surface area contributed by atoms with Crippen LogP contribution in [0.15, 0.2) is 24.3 Å². The van der Waals surface area contributed by atoms with Crippen molar-refractivity contribution in [1.82, 2.24) is 0 Å². The lowest BCUT2D eigenvalue weighted by atomic mass is 10.1. The number of nitrogens with two attached hydrogens (primary N) is 2. The summed E-state index contributed by atoms with van der Waals surface area (Å²) in [6.45, 7) is 0. The summed E-state index contributed by atoms with van der Waals surface area (Å²) >= 11 is 0. The van der Waals surface area contributed by atoms with Gasteiger partial charge in [0.2, 0.25) is 11.8 Å². The quantitative estimate of drug-likeness (QED) is 0.656. The van der Waals surface area contributed by atoms with Crippen LogP contribution in [0.1, 0.15) is 6.42 Å². The lowest BCUT2D eigenvalue weighted by Gasteiger charge is -2.14. The van der Waals surface area contributed by atoms with Crippen LogP contribution in [0.25, 0.3) is 0 Å². The Morgan fingerprint density at radius 2 is 1.81 bits per heavy atom. The minimum Gasteiger partial charge on any atom is -0.373 e. The second-order valence-corrected chi connectivity index (χ2v) is 3.28. The predicted octanol–water partition coefficient (Wildman–Crippen LogP) is -0.0331. The van der Waals surface area contributed by atoms with E-state index in [0.29, 0.717) is 5.69 Å². The predicted molar refractivity (Wildman–Crippen MR) is 56.8 cm³/mol. The van der Waals surface area contributed by atoms with Gasteiger partial charge < -0.3 is 16.8 Å². The standard InChI is InChI=1S/C10H12FN3O2/c11-6-1-3-7(4-2-6)14-8(10(13)16)5-9(12)15/h1-4,8,14H,5H2,(H2,12,15)(H2,13,16). The lowest BCUT2D eigenvalue weighted by molar-refractivity contribution is -0.123. The van der Waals surface area contributed by atoms with Gasteiger partial charge in [0, 0.05) is 5.69 Å². The van der Waals surface area contributed by atoms with E-state index in [0.717, 1.165) is 0 Å². The zero-order chi connectivity index (χ0) is 12.1. The fraction of sp³-hybridized carbons (Fsp3) is 0.200. The molecule has 0 fully saturated rings. The largest absolute Gasteiger partial charge is 0.373 e. The molecule has 1 aromatic rings. The number of amides is 2. The molecular weight excluding hydrogens is 213 g/mol. The van der Waals surface area contributed by atoms with Gasteiger partial charge in [-0.3, -0.25) is 9.59 Å². The van der Waals surface area contributed by atoms with E-state index >= 15 is 0 Å². The van der Waals surface area contributed by atoms with Crippen LogP contribution in [-0.2, 0) is 9.59 Å². The molecule has 0 spiro atoms. The molecule has 0 aromatic heterocycles. The van der Waals surface area contributed by atoms with Gasteiger partial charge in [0.15, 0.2) is 0 Å². The van der Waals surface area contributed by atoms with Gasteiger partial charge in [-0.15, -0.1) is 0 Å². The zero-order valence-electron chi connectivity index (χ0n) is 8.44. The second-order valence-electron chi connectivity index (χ2n) is 3.28. The summed E-state index contributed by atoms with van der Waals surface area (Å²) in [6, 6.07) is 4.44. The third-order valence-electron chi connectivity index (χ3n) is 1.93. The first-order valence-corrected chi connectivity index (χ1v) is 4.59. The molecule has 0 aliphatic heterocycles.